The lowest BCUT2D eigenvalue weighted by Gasteiger charge is -2.42. The van der Waals surface area contributed by atoms with E-state index in [9.17, 15) is 23.9 Å². The van der Waals surface area contributed by atoms with Crippen LogP contribution in [0.25, 0.3) is 11.1 Å². The number of ether oxygens (including phenoxy) is 2. The molecule has 3 amide bonds. The molecule has 0 spiro atoms. The van der Waals surface area contributed by atoms with Crippen LogP contribution in [-0.2, 0) is 4.74 Å². The van der Waals surface area contributed by atoms with Gasteiger partial charge in [0, 0.05) is 43.7 Å². The van der Waals surface area contributed by atoms with Crippen molar-refractivity contribution in [2.45, 2.75) is 58.8 Å². The fraction of sp³-hybridized carbons (Fsp3) is 0.500. The Morgan fingerprint density at radius 1 is 0.975 bits per heavy atom. The number of halogens is 1. The minimum absolute atomic E-state index is 0.0561. The molecule has 0 saturated carbocycles. The largest absolute Gasteiger partial charge is 0.488 e. The first-order chi connectivity index (χ1) is 18.8. The van der Waals surface area contributed by atoms with Crippen molar-refractivity contribution >= 4 is 18.1 Å². The number of amides is 3. The summed E-state index contributed by atoms with van der Waals surface area (Å²) >= 11 is 0. The minimum Gasteiger partial charge on any atom is -0.488 e. The van der Waals surface area contributed by atoms with Crippen LogP contribution >= 0.6 is 0 Å². The van der Waals surface area contributed by atoms with Gasteiger partial charge in [-0.1, -0.05) is 26.0 Å². The highest BCUT2D eigenvalue weighted by molar-refractivity contribution is 5.96. The number of likely N-dealkylation sites (tertiary alicyclic amines) is 1. The highest BCUT2D eigenvalue weighted by Gasteiger charge is 2.35. The summed E-state index contributed by atoms with van der Waals surface area (Å²) in [5.41, 5.74) is 1.15. The summed E-state index contributed by atoms with van der Waals surface area (Å²) in [5, 5.41) is 9.46. The van der Waals surface area contributed by atoms with E-state index in [1.54, 1.807) is 40.1 Å². The smallest absolute Gasteiger partial charge is 0.410 e. The molecule has 2 fully saturated rings. The number of hydrogen-bond donors (Lipinski definition) is 1. The Bertz CT molecular complexity index is 1240. The first-order valence-electron chi connectivity index (χ1n) is 13.7. The van der Waals surface area contributed by atoms with Crippen LogP contribution in [0.4, 0.5) is 14.0 Å². The van der Waals surface area contributed by atoms with Gasteiger partial charge in [-0.15, -0.1) is 0 Å². The molecule has 10 heteroatoms. The Hall–Kier alpha value is -3.82. The molecule has 2 aromatic rings. The van der Waals surface area contributed by atoms with Crippen molar-refractivity contribution in [1.82, 2.24) is 14.7 Å². The normalized spacial score (nSPS) is 19.6. The molecule has 2 saturated heterocycles. The van der Waals surface area contributed by atoms with Crippen molar-refractivity contribution in [3.05, 3.63) is 53.8 Å². The summed E-state index contributed by atoms with van der Waals surface area (Å²) in [7, 11) is 0. The fourth-order valence-electron chi connectivity index (χ4n) is 5.09. The van der Waals surface area contributed by atoms with E-state index in [-0.39, 0.29) is 49.0 Å². The molecular weight excluding hydrogens is 517 g/mol. The van der Waals surface area contributed by atoms with Gasteiger partial charge in [0.25, 0.3) is 5.91 Å². The van der Waals surface area contributed by atoms with E-state index >= 15 is 0 Å². The van der Waals surface area contributed by atoms with Crippen LogP contribution in [-0.4, -0.2) is 88.4 Å². The summed E-state index contributed by atoms with van der Waals surface area (Å²) in [6.45, 7) is 11.1. The number of carbonyl (C=O) groups is 3. The average Bonchev–Trinajstić information content (AvgIpc) is 3.36. The van der Waals surface area contributed by atoms with Crippen molar-refractivity contribution < 1.29 is 33.4 Å². The van der Waals surface area contributed by atoms with Crippen LogP contribution in [0, 0.1) is 11.7 Å². The Kier molecular flexibility index (Phi) is 8.56. The van der Waals surface area contributed by atoms with Crippen LogP contribution in [0.1, 0.15) is 51.4 Å². The topological polar surface area (TPSA) is 99.6 Å². The van der Waals surface area contributed by atoms with Crippen LogP contribution < -0.4 is 4.74 Å². The van der Waals surface area contributed by atoms with E-state index in [4.69, 9.17) is 9.47 Å². The zero-order valence-corrected chi connectivity index (χ0v) is 23.7. The van der Waals surface area contributed by atoms with Crippen LogP contribution in [0.2, 0.25) is 0 Å². The second kappa shape index (κ2) is 11.7. The number of nitrogens with zero attached hydrogens (tertiary/aromatic N) is 3. The van der Waals surface area contributed by atoms with Crippen molar-refractivity contribution in [2.24, 2.45) is 5.92 Å². The molecule has 2 atom stereocenters. The zero-order valence-electron chi connectivity index (χ0n) is 23.7. The summed E-state index contributed by atoms with van der Waals surface area (Å²) in [6.07, 6.45) is -1.04. The van der Waals surface area contributed by atoms with Gasteiger partial charge >= 0.3 is 12.2 Å². The highest BCUT2D eigenvalue weighted by atomic mass is 19.1. The van der Waals surface area contributed by atoms with Gasteiger partial charge in [-0.25, -0.2) is 14.0 Å². The van der Waals surface area contributed by atoms with Gasteiger partial charge in [0.15, 0.2) is 0 Å². The second-order valence-electron chi connectivity index (χ2n) is 11.7. The van der Waals surface area contributed by atoms with Gasteiger partial charge in [-0.3, -0.25) is 4.79 Å². The third-order valence-electron chi connectivity index (χ3n) is 7.19. The summed E-state index contributed by atoms with van der Waals surface area (Å²) in [4.78, 5) is 42.5. The number of carbonyl (C=O) groups excluding carboxylic acids is 2. The quantitative estimate of drug-likeness (QED) is 0.535. The molecule has 40 heavy (non-hydrogen) atoms. The van der Waals surface area contributed by atoms with Gasteiger partial charge in [0.2, 0.25) is 0 Å². The molecule has 0 bridgehead atoms. The van der Waals surface area contributed by atoms with Crippen LogP contribution in [0.5, 0.6) is 5.75 Å². The molecular formula is C30H38FN3O6. The molecule has 2 heterocycles. The van der Waals surface area contributed by atoms with E-state index in [1.165, 1.54) is 17.0 Å². The average molecular weight is 556 g/mol. The lowest BCUT2D eigenvalue weighted by atomic mass is 9.97. The van der Waals surface area contributed by atoms with Gasteiger partial charge in [-0.05, 0) is 62.6 Å². The minimum atomic E-state index is -0.991. The standard InChI is InChI=1S/C30H38FN3O6/c1-19(2)25-18-32(28(36)37)14-15-34(25)27(35)21-8-11-26(24(16-21)20-6-9-22(31)10-7-20)39-23-12-13-33(17-23)29(38)40-30(3,4)5/h6-11,16,19,23,25H,12-15,17-18H2,1-5H3,(H,36,37)/t23-,25+/m0/s1. The van der Waals surface area contributed by atoms with E-state index in [1.807, 2.05) is 34.6 Å². The molecule has 2 aliphatic heterocycles. The molecule has 0 aliphatic carbocycles. The van der Waals surface area contributed by atoms with Gasteiger partial charge < -0.3 is 29.3 Å². The van der Waals surface area contributed by atoms with Gasteiger partial charge in [-0.2, -0.15) is 0 Å². The summed E-state index contributed by atoms with van der Waals surface area (Å²) in [6, 6.07) is 10.9. The molecule has 0 radical (unpaired) electrons. The monoisotopic (exact) mass is 555 g/mol. The Balaban J connectivity index is 1.58. The Morgan fingerprint density at radius 2 is 1.68 bits per heavy atom. The van der Waals surface area contributed by atoms with Crippen LogP contribution in [0.3, 0.4) is 0 Å². The third kappa shape index (κ3) is 6.84. The number of benzene rings is 2. The molecule has 4 rings (SSSR count). The predicted molar refractivity (Wildman–Crippen MR) is 148 cm³/mol. The number of rotatable bonds is 5. The Morgan fingerprint density at radius 3 is 2.30 bits per heavy atom. The molecule has 1 N–H and O–H groups in total. The number of hydrogen-bond acceptors (Lipinski definition) is 5. The lowest BCUT2D eigenvalue weighted by Crippen LogP contribution is -2.58. The molecule has 9 nitrogen and oxygen atoms in total. The fourth-order valence-corrected chi connectivity index (χ4v) is 5.09. The maximum absolute atomic E-state index is 13.7. The van der Waals surface area contributed by atoms with E-state index in [0.29, 0.717) is 48.5 Å². The molecule has 2 aliphatic rings. The summed E-state index contributed by atoms with van der Waals surface area (Å²) in [5.74, 6) is 0.00445. The van der Waals surface area contributed by atoms with Crippen molar-refractivity contribution in [3.63, 3.8) is 0 Å². The molecule has 0 unspecified atom stereocenters. The van der Waals surface area contributed by atoms with E-state index in [0.717, 1.165) is 0 Å². The van der Waals surface area contributed by atoms with Gasteiger partial charge in [0.1, 0.15) is 23.3 Å². The number of piperazine rings is 1. The second-order valence-corrected chi connectivity index (χ2v) is 11.7. The third-order valence-corrected chi connectivity index (χ3v) is 7.19. The highest BCUT2D eigenvalue weighted by Crippen LogP contribution is 2.34. The number of carboxylic acid groups (broad SMARTS) is 1. The van der Waals surface area contributed by atoms with Crippen molar-refractivity contribution in [1.29, 1.82) is 0 Å². The Labute approximate surface area is 234 Å². The van der Waals surface area contributed by atoms with Crippen molar-refractivity contribution in [2.75, 3.05) is 32.7 Å². The summed E-state index contributed by atoms with van der Waals surface area (Å²) < 4.78 is 25.6. The van der Waals surface area contributed by atoms with Crippen LogP contribution in [0.15, 0.2) is 42.5 Å². The zero-order chi connectivity index (χ0) is 29.2. The van der Waals surface area contributed by atoms with Gasteiger partial charge in [0.05, 0.1) is 12.6 Å². The molecule has 216 valence electrons. The first kappa shape index (κ1) is 29.2. The SMILES string of the molecule is CC(C)[C@H]1CN(C(=O)O)CCN1C(=O)c1ccc(O[C@H]2CCN(C(=O)OC(C)(C)C)C2)c(-c2ccc(F)cc2)c1. The molecule has 0 aromatic heterocycles. The maximum Gasteiger partial charge on any atom is 0.410 e. The first-order valence-corrected chi connectivity index (χ1v) is 13.7. The lowest BCUT2D eigenvalue weighted by molar-refractivity contribution is 0.0275. The molecule has 2 aromatic carbocycles. The van der Waals surface area contributed by atoms with Crippen molar-refractivity contribution in [3.8, 4) is 16.9 Å². The maximum atomic E-state index is 13.7. The van der Waals surface area contributed by atoms with E-state index in [2.05, 4.69) is 0 Å². The predicted octanol–water partition coefficient (Wildman–Crippen LogP) is 5.34. The van der Waals surface area contributed by atoms with E-state index < -0.39 is 11.7 Å².